The zero-order valence-electron chi connectivity index (χ0n) is 14.5. The fourth-order valence-corrected chi connectivity index (χ4v) is 2.15. The topological polar surface area (TPSA) is 78.4 Å². The number of aliphatic imine (C=N–C) groups is 1. The maximum Gasteiger partial charge on any atom is 0.252 e. The normalized spacial score (nSPS) is 10.6. The summed E-state index contributed by atoms with van der Waals surface area (Å²) in [6, 6.07) is 9.87. The first-order valence-electron chi connectivity index (χ1n) is 8.06. The summed E-state index contributed by atoms with van der Waals surface area (Å²) in [5, 5.41) is 9.10. The van der Waals surface area contributed by atoms with E-state index in [2.05, 4.69) is 25.9 Å². The Kier molecular flexibility index (Phi) is 10.2. The van der Waals surface area contributed by atoms with E-state index in [0.29, 0.717) is 31.2 Å². The first-order chi connectivity index (χ1) is 12.2. The highest BCUT2D eigenvalue weighted by molar-refractivity contribution is 14.0. The first-order valence-corrected chi connectivity index (χ1v) is 8.06. The van der Waals surface area contributed by atoms with Crippen LogP contribution < -0.4 is 16.0 Å². The predicted octanol–water partition coefficient (Wildman–Crippen LogP) is 1.98. The van der Waals surface area contributed by atoms with E-state index in [1.807, 2.05) is 0 Å². The first kappa shape index (κ1) is 21.8. The number of nitrogens with one attached hydrogen (secondary N) is 3. The maximum absolute atomic E-state index is 12.9. The van der Waals surface area contributed by atoms with E-state index < -0.39 is 0 Å². The number of pyridine rings is 1. The lowest BCUT2D eigenvalue weighted by Gasteiger charge is -2.12. The molecule has 2 aromatic rings. The molecule has 1 heterocycles. The van der Waals surface area contributed by atoms with Crippen LogP contribution in [0.15, 0.2) is 53.8 Å². The highest BCUT2D eigenvalue weighted by atomic mass is 127. The molecule has 6 nitrogen and oxygen atoms in total. The van der Waals surface area contributed by atoms with Gasteiger partial charge in [0.25, 0.3) is 5.91 Å². The lowest BCUT2D eigenvalue weighted by Crippen LogP contribution is -2.42. The molecule has 2 rings (SSSR count). The third kappa shape index (κ3) is 7.77. The van der Waals surface area contributed by atoms with Crippen molar-refractivity contribution in [3.8, 4) is 0 Å². The molecule has 3 N–H and O–H groups in total. The molecule has 140 valence electrons. The number of rotatable bonds is 7. The number of carbonyl (C=O) groups excluding carboxylic acids is 1. The fraction of sp³-hybridized carbons (Fsp3) is 0.278. The molecule has 0 saturated carbocycles. The van der Waals surface area contributed by atoms with Crippen molar-refractivity contribution in [3.05, 3.63) is 65.7 Å². The van der Waals surface area contributed by atoms with Crippen molar-refractivity contribution >= 4 is 35.8 Å². The van der Waals surface area contributed by atoms with Crippen molar-refractivity contribution in [3.63, 3.8) is 0 Å². The molecular weight excluding hydrogens is 448 g/mol. The number of halogens is 2. The summed E-state index contributed by atoms with van der Waals surface area (Å²) < 4.78 is 12.9. The van der Waals surface area contributed by atoms with E-state index in [-0.39, 0.29) is 35.7 Å². The van der Waals surface area contributed by atoms with E-state index in [9.17, 15) is 9.18 Å². The summed E-state index contributed by atoms with van der Waals surface area (Å²) in [5.41, 5.74) is 1.58. The third-order valence-corrected chi connectivity index (χ3v) is 3.47. The van der Waals surface area contributed by atoms with E-state index in [1.54, 1.807) is 37.5 Å². The van der Waals surface area contributed by atoms with Gasteiger partial charge in [-0.25, -0.2) is 4.39 Å². The minimum atomic E-state index is -0.234. The summed E-state index contributed by atoms with van der Waals surface area (Å²) >= 11 is 0. The van der Waals surface area contributed by atoms with Crippen LogP contribution in [-0.2, 0) is 6.42 Å². The number of aromatic nitrogens is 1. The van der Waals surface area contributed by atoms with E-state index >= 15 is 0 Å². The largest absolute Gasteiger partial charge is 0.356 e. The molecule has 8 heteroatoms. The number of benzene rings is 1. The van der Waals surface area contributed by atoms with Crippen molar-refractivity contribution in [2.75, 3.05) is 26.7 Å². The fourth-order valence-electron chi connectivity index (χ4n) is 2.15. The number of amides is 1. The zero-order valence-corrected chi connectivity index (χ0v) is 16.9. The van der Waals surface area contributed by atoms with Gasteiger partial charge in [0.2, 0.25) is 0 Å². The van der Waals surface area contributed by atoms with Gasteiger partial charge >= 0.3 is 0 Å². The Balaban J connectivity index is 0.00000338. The van der Waals surface area contributed by atoms with Crippen LogP contribution in [0.5, 0.6) is 0 Å². The molecule has 0 aliphatic rings. The Morgan fingerprint density at radius 2 is 1.77 bits per heavy atom. The molecule has 0 spiro atoms. The monoisotopic (exact) mass is 471 g/mol. The van der Waals surface area contributed by atoms with Gasteiger partial charge in [-0.15, -0.1) is 24.0 Å². The van der Waals surface area contributed by atoms with Gasteiger partial charge in [-0.2, -0.15) is 0 Å². The van der Waals surface area contributed by atoms with Crippen LogP contribution in [-0.4, -0.2) is 43.5 Å². The molecule has 0 aliphatic carbocycles. The second-order valence-electron chi connectivity index (χ2n) is 5.30. The van der Waals surface area contributed by atoms with Crippen molar-refractivity contribution in [1.82, 2.24) is 20.9 Å². The van der Waals surface area contributed by atoms with E-state index in [0.717, 1.165) is 12.0 Å². The number of nitrogens with zero attached hydrogens (tertiary/aromatic N) is 2. The van der Waals surface area contributed by atoms with Gasteiger partial charge in [0, 0.05) is 39.1 Å². The molecule has 0 fully saturated rings. The molecule has 0 aliphatic heterocycles. The molecule has 1 aromatic carbocycles. The van der Waals surface area contributed by atoms with Crippen molar-refractivity contribution in [2.24, 2.45) is 4.99 Å². The number of hydrogen-bond donors (Lipinski definition) is 3. The van der Waals surface area contributed by atoms with Crippen LogP contribution in [0.1, 0.15) is 15.9 Å². The zero-order chi connectivity index (χ0) is 17.9. The summed E-state index contributed by atoms with van der Waals surface area (Å²) in [6.45, 7) is 1.68. The molecular formula is C18H23FIN5O. The number of guanidine groups is 1. The van der Waals surface area contributed by atoms with Crippen molar-refractivity contribution < 1.29 is 9.18 Å². The van der Waals surface area contributed by atoms with Gasteiger partial charge in [-0.05, 0) is 36.2 Å². The molecule has 0 saturated heterocycles. The molecule has 0 bridgehead atoms. The smallest absolute Gasteiger partial charge is 0.252 e. The Hall–Kier alpha value is -2.23. The Morgan fingerprint density at radius 1 is 1.08 bits per heavy atom. The minimum Gasteiger partial charge on any atom is -0.356 e. The van der Waals surface area contributed by atoms with Crippen LogP contribution in [0.3, 0.4) is 0 Å². The lowest BCUT2D eigenvalue weighted by atomic mass is 10.1. The van der Waals surface area contributed by atoms with Gasteiger partial charge in [0.15, 0.2) is 5.96 Å². The van der Waals surface area contributed by atoms with Crippen LogP contribution in [0.25, 0.3) is 0 Å². The van der Waals surface area contributed by atoms with Gasteiger partial charge in [-0.1, -0.05) is 12.1 Å². The van der Waals surface area contributed by atoms with Gasteiger partial charge in [0.1, 0.15) is 5.82 Å². The van der Waals surface area contributed by atoms with Crippen LogP contribution >= 0.6 is 24.0 Å². The Bertz CT molecular complexity index is 694. The van der Waals surface area contributed by atoms with Crippen LogP contribution in [0, 0.1) is 5.82 Å². The maximum atomic E-state index is 12.9. The summed E-state index contributed by atoms with van der Waals surface area (Å²) in [7, 11) is 1.68. The average molecular weight is 471 g/mol. The van der Waals surface area contributed by atoms with Gasteiger partial charge < -0.3 is 16.0 Å². The standard InChI is InChI=1S/C18H22FN5O.HI/c1-20-18(23-10-8-14-4-6-16(19)7-5-14)24-12-11-22-17(25)15-3-2-9-21-13-15;/h2-7,9,13H,8,10-12H2,1H3,(H,22,25)(H2,20,23,24);1H. The van der Waals surface area contributed by atoms with E-state index in [1.165, 1.54) is 18.3 Å². The van der Waals surface area contributed by atoms with Crippen LogP contribution in [0.2, 0.25) is 0 Å². The molecule has 26 heavy (non-hydrogen) atoms. The quantitative estimate of drug-likeness (QED) is 0.250. The number of hydrogen-bond acceptors (Lipinski definition) is 3. The summed E-state index contributed by atoms with van der Waals surface area (Å²) in [5.74, 6) is 0.259. The third-order valence-electron chi connectivity index (χ3n) is 3.47. The lowest BCUT2D eigenvalue weighted by molar-refractivity contribution is 0.0954. The summed E-state index contributed by atoms with van der Waals surface area (Å²) in [6.07, 6.45) is 3.91. The second kappa shape index (κ2) is 12.2. The van der Waals surface area contributed by atoms with Crippen molar-refractivity contribution in [2.45, 2.75) is 6.42 Å². The molecule has 1 amide bonds. The number of carbonyl (C=O) groups is 1. The highest BCUT2D eigenvalue weighted by Gasteiger charge is 2.04. The second-order valence-corrected chi connectivity index (χ2v) is 5.30. The molecule has 1 aromatic heterocycles. The molecule has 0 radical (unpaired) electrons. The summed E-state index contributed by atoms with van der Waals surface area (Å²) in [4.78, 5) is 19.9. The Labute approximate surface area is 169 Å². The SMILES string of the molecule is CN=C(NCCNC(=O)c1cccnc1)NCCc1ccc(F)cc1.I. The van der Waals surface area contributed by atoms with Gasteiger partial charge in [-0.3, -0.25) is 14.8 Å². The van der Waals surface area contributed by atoms with Gasteiger partial charge in [0.05, 0.1) is 5.56 Å². The highest BCUT2D eigenvalue weighted by Crippen LogP contribution is 2.02. The molecule has 0 atom stereocenters. The Morgan fingerprint density at radius 3 is 2.42 bits per heavy atom. The van der Waals surface area contributed by atoms with E-state index in [4.69, 9.17) is 0 Å². The molecule has 0 unspecified atom stereocenters. The predicted molar refractivity (Wildman–Crippen MR) is 111 cm³/mol. The van der Waals surface area contributed by atoms with Crippen molar-refractivity contribution in [1.29, 1.82) is 0 Å². The average Bonchev–Trinajstić information content (AvgIpc) is 2.65. The minimum absolute atomic E-state index is 0. The van der Waals surface area contributed by atoms with Crippen LogP contribution in [0.4, 0.5) is 4.39 Å².